The number of hydrogen-bond donors (Lipinski definition) is 0. The molecule has 0 amide bonds. The minimum Gasteiger partial charge on any atom is -0.374 e. The Morgan fingerprint density at radius 1 is 0.467 bits per heavy atom. The second-order valence-corrected chi connectivity index (χ2v) is 10.4. The summed E-state index contributed by atoms with van der Waals surface area (Å²) in [5, 5.41) is 0. The van der Waals surface area contributed by atoms with Gasteiger partial charge in [-0.15, -0.1) is 0 Å². The Bertz CT molecular complexity index is 335. The van der Waals surface area contributed by atoms with E-state index in [1.54, 1.807) is 0 Å². The molecule has 7 heteroatoms. The second-order valence-electron chi connectivity index (χ2n) is 7.69. The second kappa shape index (κ2) is 19.6. The molecule has 6 nitrogen and oxygen atoms in total. The lowest BCUT2D eigenvalue weighted by atomic mass is 10.2. The fourth-order valence-corrected chi connectivity index (χ4v) is 6.56. The van der Waals surface area contributed by atoms with Crippen LogP contribution >= 0.6 is 0 Å². The van der Waals surface area contributed by atoms with Crippen LogP contribution in [0.3, 0.4) is 0 Å². The maximum absolute atomic E-state index is 6.04. The molecular weight excluding hydrogens is 394 g/mol. The van der Waals surface area contributed by atoms with Gasteiger partial charge in [-0.1, -0.05) is 27.7 Å². The van der Waals surface area contributed by atoms with Crippen LogP contribution in [0.15, 0.2) is 0 Å². The molecule has 0 saturated heterocycles. The molecule has 0 heterocycles. The Balaban J connectivity index is 4.73. The summed E-state index contributed by atoms with van der Waals surface area (Å²) in [5.74, 6) is 0. The molecule has 0 aromatic carbocycles. The minimum absolute atomic E-state index is 0.656. The van der Waals surface area contributed by atoms with Crippen molar-refractivity contribution >= 4 is 8.80 Å². The summed E-state index contributed by atoms with van der Waals surface area (Å²) in [7, 11) is -2.53. The van der Waals surface area contributed by atoms with Crippen molar-refractivity contribution < 1.29 is 13.3 Å². The number of nitrogens with zero attached hydrogens (tertiary/aromatic N) is 3. The van der Waals surface area contributed by atoms with Crippen LogP contribution in [0, 0.1) is 0 Å². The number of hydrogen-bond acceptors (Lipinski definition) is 6. The zero-order valence-corrected chi connectivity index (χ0v) is 22.4. The first-order valence-corrected chi connectivity index (χ1v) is 14.6. The quantitative estimate of drug-likeness (QED) is 0.232. The fraction of sp³-hybridized carbons (Fsp3) is 1.00. The summed E-state index contributed by atoms with van der Waals surface area (Å²) in [6.07, 6.45) is 3.54. The van der Waals surface area contributed by atoms with Crippen molar-refractivity contribution in [2.24, 2.45) is 0 Å². The van der Waals surface area contributed by atoms with Gasteiger partial charge in [0.15, 0.2) is 0 Å². The highest BCUT2D eigenvalue weighted by Crippen LogP contribution is 2.18. The maximum Gasteiger partial charge on any atom is 0.500 e. The van der Waals surface area contributed by atoms with Gasteiger partial charge in [0.25, 0.3) is 0 Å². The Kier molecular flexibility index (Phi) is 19.6. The normalized spacial score (nSPS) is 12.6. The van der Waals surface area contributed by atoms with Crippen LogP contribution < -0.4 is 0 Å². The van der Waals surface area contributed by atoms with Crippen molar-refractivity contribution in [3.05, 3.63) is 0 Å². The summed E-state index contributed by atoms with van der Waals surface area (Å²) in [6, 6.07) is 0.908. The Morgan fingerprint density at radius 2 is 0.800 bits per heavy atom. The highest BCUT2D eigenvalue weighted by molar-refractivity contribution is 6.60. The van der Waals surface area contributed by atoms with Gasteiger partial charge >= 0.3 is 8.80 Å². The minimum atomic E-state index is -2.53. The van der Waals surface area contributed by atoms with Gasteiger partial charge in [-0.2, -0.15) is 0 Å². The van der Waals surface area contributed by atoms with E-state index in [-0.39, 0.29) is 0 Å². The molecule has 0 rings (SSSR count). The first-order valence-electron chi connectivity index (χ1n) is 12.6. The van der Waals surface area contributed by atoms with Crippen molar-refractivity contribution in [2.45, 2.75) is 73.8 Å². The average Bonchev–Trinajstić information content (AvgIpc) is 2.74. The first kappa shape index (κ1) is 30.0. The molecule has 182 valence electrons. The standard InChI is InChI=1S/C23H53N3O3Si/c1-8-24(9-2)18-15-20-26(21-16-19-25(10-3)11-4)22-17-23-30(27-12-5,28-13-6)29-14-7/h8-23H2,1-7H3. The third-order valence-corrected chi connectivity index (χ3v) is 8.89. The predicted octanol–water partition coefficient (Wildman–Crippen LogP) is 4.19. The molecule has 0 radical (unpaired) electrons. The zero-order valence-electron chi connectivity index (χ0n) is 21.4. The molecule has 0 N–H and O–H groups in total. The summed E-state index contributed by atoms with van der Waals surface area (Å²) in [5.41, 5.74) is 0. The van der Waals surface area contributed by atoms with Gasteiger partial charge in [0.2, 0.25) is 0 Å². The van der Waals surface area contributed by atoms with E-state index in [4.69, 9.17) is 13.3 Å². The van der Waals surface area contributed by atoms with E-state index in [1.807, 2.05) is 20.8 Å². The van der Waals surface area contributed by atoms with Crippen molar-refractivity contribution in [2.75, 3.05) is 78.7 Å². The van der Waals surface area contributed by atoms with E-state index in [1.165, 1.54) is 39.0 Å². The molecule has 0 unspecified atom stereocenters. The number of rotatable bonds is 22. The van der Waals surface area contributed by atoms with Gasteiger partial charge in [-0.05, 0) is 98.9 Å². The smallest absolute Gasteiger partial charge is 0.374 e. The Labute approximate surface area is 189 Å². The average molecular weight is 448 g/mol. The van der Waals surface area contributed by atoms with Crippen LogP contribution in [0.2, 0.25) is 6.04 Å². The van der Waals surface area contributed by atoms with Gasteiger partial charge in [-0.3, -0.25) is 0 Å². The largest absolute Gasteiger partial charge is 0.500 e. The van der Waals surface area contributed by atoms with Crippen LogP contribution in [-0.2, 0) is 13.3 Å². The van der Waals surface area contributed by atoms with Crippen molar-refractivity contribution in [1.82, 2.24) is 14.7 Å². The highest BCUT2D eigenvalue weighted by atomic mass is 28.4. The molecule has 0 aliphatic rings. The van der Waals surface area contributed by atoms with Crippen LogP contribution in [0.5, 0.6) is 0 Å². The molecule has 0 spiro atoms. The van der Waals surface area contributed by atoms with E-state index in [2.05, 4.69) is 42.4 Å². The summed E-state index contributed by atoms with van der Waals surface area (Å²) in [6.45, 7) is 27.5. The maximum atomic E-state index is 6.04. The molecule has 30 heavy (non-hydrogen) atoms. The molecule has 0 saturated carbocycles. The molecule has 0 aromatic heterocycles. The third-order valence-electron chi connectivity index (χ3n) is 5.74. The van der Waals surface area contributed by atoms with E-state index >= 15 is 0 Å². The van der Waals surface area contributed by atoms with Gasteiger partial charge in [-0.25, -0.2) is 0 Å². The molecule has 0 atom stereocenters. The molecule has 0 fully saturated rings. The SMILES string of the molecule is CCO[Si](CCCN(CCCN(CC)CC)CCCN(CC)CC)(OCC)OCC. The molecule has 0 aliphatic carbocycles. The lowest BCUT2D eigenvalue weighted by Gasteiger charge is -2.30. The van der Waals surface area contributed by atoms with E-state index in [0.29, 0.717) is 19.8 Å². The van der Waals surface area contributed by atoms with Crippen molar-refractivity contribution in [1.29, 1.82) is 0 Å². The Morgan fingerprint density at radius 3 is 1.13 bits per heavy atom. The zero-order chi connectivity index (χ0) is 22.7. The van der Waals surface area contributed by atoms with Crippen molar-refractivity contribution in [3.8, 4) is 0 Å². The third kappa shape index (κ3) is 13.4. The van der Waals surface area contributed by atoms with Crippen LogP contribution in [-0.4, -0.2) is 102 Å². The highest BCUT2D eigenvalue weighted by Gasteiger charge is 2.39. The van der Waals surface area contributed by atoms with Gasteiger partial charge in [0.1, 0.15) is 0 Å². The van der Waals surface area contributed by atoms with Crippen molar-refractivity contribution in [3.63, 3.8) is 0 Å². The topological polar surface area (TPSA) is 37.4 Å². The monoisotopic (exact) mass is 447 g/mol. The molecule has 0 aliphatic heterocycles. The summed E-state index contributed by atoms with van der Waals surface area (Å²) >= 11 is 0. The van der Waals surface area contributed by atoms with Crippen LogP contribution in [0.1, 0.15) is 67.7 Å². The Hall–Kier alpha value is -0.0231. The summed E-state index contributed by atoms with van der Waals surface area (Å²) in [4.78, 5) is 7.69. The summed E-state index contributed by atoms with van der Waals surface area (Å²) < 4.78 is 18.1. The van der Waals surface area contributed by atoms with Gasteiger partial charge in [0, 0.05) is 25.9 Å². The van der Waals surface area contributed by atoms with E-state index in [0.717, 1.165) is 45.2 Å². The fourth-order valence-electron chi connectivity index (χ4n) is 3.97. The predicted molar refractivity (Wildman–Crippen MR) is 131 cm³/mol. The van der Waals surface area contributed by atoms with Gasteiger partial charge < -0.3 is 28.0 Å². The molecular formula is C23H53N3O3Si. The van der Waals surface area contributed by atoms with Crippen LogP contribution in [0.4, 0.5) is 0 Å². The first-order chi connectivity index (χ1) is 14.5. The molecule has 0 bridgehead atoms. The lowest BCUT2D eigenvalue weighted by Crippen LogP contribution is -2.46. The van der Waals surface area contributed by atoms with E-state index in [9.17, 15) is 0 Å². The van der Waals surface area contributed by atoms with E-state index < -0.39 is 8.80 Å². The van der Waals surface area contributed by atoms with Gasteiger partial charge in [0.05, 0.1) is 0 Å². The lowest BCUT2D eigenvalue weighted by molar-refractivity contribution is 0.0698. The van der Waals surface area contributed by atoms with Crippen LogP contribution in [0.25, 0.3) is 0 Å². The molecule has 0 aromatic rings.